The third-order valence-electron chi connectivity index (χ3n) is 7.31. The second kappa shape index (κ2) is 11.3. The van der Waals surface area contributed by atoms with Gasteiger partial charge in [0.2, 0.25) is 0 Å². The molecule has 0 fully saturated rings. The number of carbonyl (C=O) groups is 1. The molecule has 1 atom stereocenters. The minimum Gasteiger partial charge on any atom is -0.374 e. The molecular weight excluding hydrogens is 581 g/mol. The van der Waals surface area contributed by atoms with E-state index in [0.29, 0.717) is 49.3 Å². The Balaban J connectivity index is 1.53. The Morgan fingerprint density at radius 1 is 0.930 bits per heavy atom. The minimum absolute atomic E-state index is 0.321. The number of anilines is 1. The zero-order valence-corrected chi connectivity index (χ0v) is 24.3. The van der Waals surface area contributed by atoms with Gasteiger partial charge in [-0.2, -0.15) is 5.26 Å². The van der Waals surface area contributed by atoms with Crippen LogP contribution in [0.4, 0.5) is 5.82 Å². The van der Waals surface area contributed by atoms with Crippen molar-refractivity contribution in [3.63, 3.8) is 0 Å². The molecule has 43 heavy (non-hydrogen) atoms. The van der Waals surface area contributed by atoms with Crippen molar-refractivity contribution < 1.29 is 9.90 Å². The van der Waals surface area contributed by atoms with E-state index in [1.807, 2.05) is 37.4 Å². The largest absolute Gasteiger partial charge is 0.374 e. The SMILES string of the molecule is Cn1cncc1C(O)(c1ccc(Cl)cc1)c1ccc2nc(NC(=O)c3cccc(C#N)c3)cc(-c3cccc(Cl)c3)c2c1. The number of aromatic nitrogens is 3. The number of halogens is 2. The van der Waals surface area contributed by atoms with E-state index in [-0.39, 0.29) is 0 Å². The standard InChI is InChI=1S/C34H23Cl2N5O2/c1-41-20-38-19-31(41)34(43,24-8-11-26(35)12-9-24)25-10-13-30-29(16-25)28(22-5-3-7-27(36)15-22)17-32(39-30)40-33(42)23-6-2-4-21(14-23)18-37/h2-17,19-20,43H,1H3,(H,39,40,42). The Morgan fingerprint density at radius 3 is 2.42 bits per heavy atom. The molecular formula is C34H23Cl2N5O2. The van der Waals surface area contributed by atoms with Gasteiger partial charge in [0, 0.05) is 28.0 Å². The molecule has 6 rings (SSSR count). The number of nitrogens with zero attached hydrogens (tertiary/aromatic N) is 4. The Labute approximate surface area is 257 Å². The second-order valence-electron chi connectivity index (χ2n) is 10.1. The van der Waals surface area contributed by atoms with Crippen molar-refractivity contribution >= 4 is 45.8 Å². The van der Waals surface area contributed by atoms with E-state index in [4.69, 9.17) is 28.2 Å². The van der Waals surface area contributed by atoms with Gasteiger partial charge in [-0.25, -0.2) is 9.97 Å². The minimum atomic E-state index is -1.58. The fraction of sp³-hybridized carbons (Fsp3) is 0.0588. The van der Waals surface area contributed by atoms with Crippen LogP contribution in [0.3, 0.4) is 0 Å². The molecule has 0 saturated carbocycles. The summed E-state index contributed by atoms with van der Waals surface area (Å²) in [4.78, 5) is 22.1. The van der Waals surface area contributed by atoms with Gasteiger partial charge < -0.3 is 15.0 Å². The number of pyridine rings is 1. The number of benzene rings is 4. The van der Waals surface area contributed by atoms with Crippen LogP contribution >= 0.6 is 23.2 Å². The maximum Gasteiger partial charge on any atom is 0.256 e. The normalized spacial score (nSPS) is 12.4. The van der Waals surface area contributed by atoms with Gasteiger partial charge in [-0.3, -0.25) is 4.79 Å². The van der Waals surface area contributed by atoms with Crippen LogP contribution in [0.25, 0.3) is 22.0 Å². The zero-order chi connectivity index (χ0) is 30.1. The zero-order valence-electron chi connectivity index (χ0n) is 22.8. The van der Waals surface area contributed by atoms with Crippen LogP contribution in [-0.2, 0) is 12.6 Å². The predicted octanol–water partition coefficient (Wildman–Crippen LogP) is 7.35. The molecule has 0 aliphatic carbocycles. The van der Waals surface area contributed by atoms with Gasteiger partial charge >= 0.3 is 0 Å². The van der Waals surface area contributed by atoms with Crippen molar-refractivity contribution in [2.45, 2.75) is 5.60 Å². The Kier molecular flexibility index (Phi) is 7.43. The topological polar surface area (TPSA) is 104 Å². The predicted molar refractivity (Wildman–Crippen MR) is 168 cm³/mol. The van der Waals surface area contributed by atoms with Gasteiger partial charge in [-0.15, -0.1) is 0 Å². The van der Waals surface area contributed by atoms with Crippen molar-refractivity contribution in [1.82, 2.24) is 14.5 Å². The molecule has 2 N–H and O–H groups in total. The monoisotopic (exact) mass is 603 g/mol. The first kappa shape index (κ1) is 28.1. The molecule has 0 aliphatic rings. The summed E-state index contributed by atoms with van der Waals surface area (Å²) >= 11 is 12.6. The van der Waals surface area contributed by atoms with Gasteiger partial charge in [0.05, 0.1) is 35.4 Å². The first-order valence-corrected chi connectivity index (χ1v) is 14.0. The number of carbonyl (C=O) groups excluding carboxylic acids is 1. The molecule has 1 amide bonds. The van der Waals surface area contributed by atoms with Crippen molar-refractivity contribution in [3.8, 4) is 17.2 Å². The van der Waals surface area contributed by atoms with Crippen molar-refractivity contribution in [1.29, 1.82) is 5.26 Å². The average molecular weight is 604 g/mol. The highest BCUT2D eigenvalue weighted by Gasteiger charge is 2.37. The van der Waals surface area contributed by atoms with Gasteiger partial charge in [-0.1, -0.05) is 59.6 Å². The molecule has 2 aromatic heterocycles. The van der Waals surface area contributed by atoms with Crippen LogP contribution in [0, 0.1) is 11.3 Å². The van der Waals surface area contributed by atoms with Gasteiger partial charge in [0.1, 0.15) is 5.82 Å². The Hall–Kier alpha value is -5.00. The Morgan fingerprint density at radius 2 is 1.70 bits per heavy atom. The number of fused-ring (bicyclic) bond motifs is 1. The summed E-state index contributed by atoms with van der Waals surface area (Å²) in [5, 5.41) is 26.4. The molecule has 0 saturated heterocycles. The number of aliphatic hydroxyl groups is 1. The number of nitrogens with one attached hydrogen (secondary N) is 1. The lowest BCUT2D eigenvalue weighted by molar-refractivity contribution is 0.102. The summed E-state index contributed by atoms with van der Waals surface area (Å²) in [6.45, 7) is 0. The van der Waals surface area contributed by atoms with E-state index in [2.05, 4.69) is 16.4 Å². The first-order chi connectivity index (χ1) is 20.8. The molecule has 4 aromatic carbocycles. The maximum absolute atomic E-state index is 13.1. The quantitative estimate of drug-likeness (QED) is 0.207. The number of imidazole rings is 1. The summed E-state index contributed by atoms with van der Waals surface area (Å²) < 4.78 is 1.77. The van der Waals surface area contributed by atoms with E-state index < -0.39 is 11.5 Å². The van der Waals surface area contributed by atoms with Crippen molar-refractivity contribution in [3.05, 3.63) is 148 Å². The Bertz CT molecular complexity index is 2050. The van der Waals surface area contributed by atoms with Crippen LogP contribution < -0.4 is 5.32 Å². The van der Waals surface area contributed by atoms with Crippen molar-refractivity contribution in [2.75, 3.05) is 5.32 Å². The van der Waals surface area contributed by atoms with Gasteiger partial charge in [0.15, 0.2) is 5.60 Å². The molecule has 9 heteroatoms. The van der Waals surface area contributed by atoms with E-state index in [9.17, 15) is 15.2 Å². The fourth-order valence-electron chi connectivity index (χ4n) is 5.19. The number of hydrogen-bond acceptors (Lipinski definition) is 5. The summed E-state index contributed by atoms with van der Waals surface area (Å²) in [5.74, 6) is -0.0758. The molecule has 0 spiro atoms. The summed E-state index contributed by atoms with van der Waals surface area (Å²) in [5.41, 5.74) is 3.04. The number of amides is 1. The number of nitriles is 1. The molecule has 210 valence electrons. The van der Waals surface area contributed by atoms with Crippen LogP contribution in [0.1, 0.15) is 32.7 Å². The second-order valence-corrected chi connectivity index (χ2v) is 10.9. The highest BCUT2D eigenvalue weighted by molar-refractivity contribution is 6.31. The summed E-state index contributed by atoms with van der Waals surface area (Å²) in [7, 11) is 1.82. The number of hydrogen-bond donors (Lipinski definition) is 2. The molecule has 6 aromatic rings. The van der Waals surface area contributed by atoms with Crippen LogP contribution in [-0.4, -0.2) is 25.5 Å². The van der Waals surface area contributed by atoms with Crippen LogP contribution in [0.15, 0.2) is 110 Å². The summed E-state index contributed by atoms with van der Waals surface area (Å²) in [6, 6.07) is 30.2. The average Bonchev–Trinajstić information content (AvgIpc) is 3.46. The summed E-state index contributed by atoms with van der Waals surface area (Å²) in [6.07, 6.45) is 3.27. The maximum atomic E-state index is 13.1. The molecule has 0 aliphatic heterocycles. The lowest BCUT2D eigenvalue weighted by atomic mass is 9.82. The van der Waals surface area contributed by atoms with E-state index >= 15 is 0 Å². The molecule has 1 unspecified atom stereocenters. The molecule has 0 radical (unpaired) electrons. The van der Waals surface area contributed by atoms with Gasteiger partial charge in [-0.05, 0) is 82.9 Å². The van der Waals surface area contributed by atoms with Crippen LogP contribution in [0.5, 0.6) is 0 Å². The smallest absolute Gasteiger partial charge is 0.256 e. The fourth-order valence-corrected chi connectivity index (χ4v) is 5.50. The van der Waals surface area contributed by atoms with Crippen LogP contribution in [0.2, 0.25) is 10.0 Å². The van der Waals surface area contributed by atoms with E-state index in [1.165, 1.54) is 6.07 Å². The van der Waals surface area contributed by atoms with E-state index in [1.54, 1.807) is 77.8 Å². The molecule has 7 nitrogen and oxygen atoms in total. The lowest BCUT2D eigenvalue weighted by Crippen LogP contribution is -2.31. The van der Waals surface area contributed by atoms with Gasteiger partial charge in [0.25, 0.3) is 5.91 Å². The third kappa shape index (κ3) is 5.36. The highest BCUT2D eigenvalue weighted by atomic mass is 35.5. The van der Waals surface area contributed by atoms with E-state index in [0.717, 1.165) is 16.5 Å². The van der Waals surface area contributed by atoms with Crippen molar-refractivity contribution in [2.24, 2.45) is 7.05 Å². The lowest BCUT2D eigenvalue weighted by Gasteiger charge is -2.30. The third-order valence-corrected chi connectivity index (χ3v) is 7.79. The molecule has 2 heterocycles. The molecule has 0 bridgehead atoms. The first-order valence-electron chi connectivity index (χ1n) is 13.2. The highest BCUT2D eigenvalue weighted by Crippen LogP contribution is 2.40. The number of aryl methyl sites for hydroxylation is 1. The number of rotatable bonds is 6.